The van der Waals surface area contributed by atoms with Gasteiger partial charge < -0.3 is 16.0 Å². The SMILES string of the molecule is CCNC(=NCc1nc(C(C)C)cs1)NCCC(=O)NC(C)CC.I. The zero-order valence-electron chi connectivity index (χ0n) is 15.9. The van der Waals surface area contributed by atoms with Gasteiger partial charge in [-0.1, -0.05) is 20.8 Å². The van der Waals surface area contributed by atoms with Gasteiger partial charge in [-0.25, -0.2) is 9.98 Å². The first kappa shape index (κ1) is 24.1. The average Bonchev–Trinajstić information content (AvgIpc) is 3.01. The van der Waals surface area contributed by atoms with Crippen molar-refractivity contribution in [1.29, 1.82) is 0 Å². The van der Waals surface area contributed by atoms with Gasteiger partial charge in [-0.15, -0.1) is 35.3 Å². The van der Waals surface area contributed by atoms with Gasteiger partial charge in [-0.2, -0.15) is 0 Å². The monoisotopic (exact) mass is 481 g/mol. The number of carbonyl (C=O) groups is 1. The van der Waals surface area contributed by atoms with Crippen LogP contribution in [0.3, 0.4) is 0 Å². The summed E-state index contributed by atoms with van der Waals surface area (Å²) in [5.41, 5.74) is 1.12. The number of nitrogens with zero attached hydrogens (tertiary/aromatic N) is 2. The van der Waals surface area contributed by atoms with Gasteiger partial charge in [0.1, 0.15) is 5.01 Å². The van der Waals surface area contributed by atoms with Gasteiger partial charge in [0.25, 0.3) is 0 Å². The summed E-state index contributed by atoms with van der Waals surface area (Å²) in [7, 11) is 0. The smallest absolute Gasteiger partial charge is 0.221 e. The Morgan fingerprint density at radius 1 is 1.28 bits per heavy atom. The van der Waals surface area contributed by atoms with E-state index in [0.29, 0.717) is 25.4 Å². The van der Waals surface area contributed by atoms with Crippen LogP contribution < -0.4 is 16.0 Å². The standard InChI is InChI=1S/C17H31N5OS.HI/c1-6-13(5)21-15(23)8-9-19-17(18-7-2)20-10-16-22-14(11-24-16)12(3)4;/h11-13H,6-10H2,1-5H3,(H,21,23)(H2,18,19,20);1H. The molecule has 0 aliphatic carbocycles. The van der Waals surface area contributed by atoms with Crippen molar-refractivity contribution in [2.24, 2.45) is 4.99 Å². The minimum absolute atomic E-state index is 0. The molecule has 0 radical (unpaired) electrons. The molecule has 0 fully saturated rings. The molecule has 1 rings (SSSR count). The number of hydrogen-bond donors (Lipinski definition) is 3. The van der Waals surface area contributed by atoms with Crippen molar-refractivity contribution < 1.29 is 4.79 Å². The molecule has 0 saturated carbocycles. The van der Waals surface area contributed by atoms with Crippen molar-refractivity contribution in [2.75, 3.05) is 13.1 Å². The molecule has 1 atom stereocenters. The number of aromatic nitrogens is 1. The lowest BCUT2D eigenvalue weighted by Crippen LogP contribution is -2.40. The van der Waals surface area contributed by atoms with E-state index in [9.17, 15) is 4.79 Å². The topological polar surface area (TPSA) is 78.4 Å². The number of nitrogens with one attached hydrogen (secondary N) is 3. The molecular formula is C17H32IN5OS. The molecule has 1 unspecified atom stereocenters. The third kappa shape index (κ3) is 9.98. The number of guanidine groups is 1. The first-order chi connectivity index (χ1) is 11.5. The highest BCUT2D eigenvalue weighted by atomic mass is 127. The van der Waals surface area contributed by atoms with E-state index in [2.05, 4.69) is 52.1 Å². The van der Waals surface area contributed by atoms with E-state index in [1.54, 1.807) is 11.3 Å². The molecule has 1 aromatic rings. The summed E-state index contributed by atoms with van der Waals surface area (Å²) in [6.07, 6.45) is 1.37. The average molecular weight is 481 g/mol. The van der Waals surface area contributed by atoms with Crippen LogP contribution in [0.15, 0.2) is 10.4 Å². The van der Waals surface area contributed by atoms with Gasteiger partial charge in [-0.3, -0.25) is 4.79 Å². The Hall–Kier alpha value is -0.900. The van der Waals surface area contributed by atoms with Gasteiger partial charge in [0.15, 0.2) is 5.96 Å². The second-order valence-corrected chi connectivity index (χ2v) is 7.01. The molecule has 144 valence electrons. The lowest BCUT2D eigenvalue weighted by atomic mass is 10.2. The second kappa shape index (κ2) is 13.3. The number of halogens is 1. The summed E-state index contributed by atoms with van der Waals surface area (Å²) in [5, 5.41) is 12.4. The fraction of sp³-hybridized carbons (Fsp3) is 0.706. The van der Waals surface area contributed by atoms with E-state index in [-0.39, 0.29) is 35.9 Å². The Morgan fingerprint density at radius 2 is 2.00 bits per heavy atom. The molecule has 1 heterocycles. The van der Waals surface area contributed by atoms with E-state index in [1.807, 2.05) is 13.8 Å². The summed E-state index contributed by atoms with van der Waals surface area (Å²) in [6, 6.07) is 0.222. The quantitative estimate of drug-likeness (QED) is 0.288. The van der Waals surface area contributed by atoms with E-state index < -0.39 is 0 Å². The number of amides is 1. The maximum absolute atomic E-state index is 11.8. The van der Waals surface area contributed by atoms with Crippen LogP contribution in [-0.2, 0) is 11.3 Å². The number of hydrogen-bond acceptors (Lipinski definition) is 4. The minimum Gasteiger partial charge on any atom is -0.357 e. The van der Waals surface area contributed by atoms with Gasteiger partial charge >= 0.3 is 0 Å². The van der Waals surface area contributed by atoms with Gasteiger partial charge in [0.2, 0.25) is 5.91 Å². The normalized spacial score (nSPS) is 12.5. The highest BCUT2D eigenvalue weighted by Crippen LogP contribution is 2.18. The fourth-order valence-corrected chi connectivity index (χ4v) is 2.77. The summed E-state index contributed by atoms with van der Waals surface area (Å²) in [4.78, 5) is 20.9. The number of thiazole rings is 1. The molecule has 6 nitrogen and oxygen atoms in total. The van der Waals surface area contributed by atoms with Crippen molar-refractivity contribution in [3.8, 4) is 0 Å². The largest absolute Gasteiger partial charge is 0.357 e. The molecule has 0 bridgehead atoms. The molecule has 1 amide bonds. The Morgan fingerprint density at radius 3 is 2.56 bits per heavy atom. The first-order valence-electron chi connectivity index (χ1n) is 8.72. The number of carbonyl (C=O) groups excluding carboxylic acids is 1. The van der Waals surface area contributed by atoms with Gasteiger partial charge in [0.05, 0.1) is 12.2 Å². The third-order valence-electron chi connectivity index (χ3n) is 3.54. The molecule has 0 aliphatic heterocycles. The number of aliphatic imine (C=N–C) groups is 1. The maximum atomic E-state index is 11.8. The van der Waals surface area contributed by atoms with Crippen LogP contribution in [0.4, 0.5) is 0 Å². The van der Waals surface area contributed by atoms with Gasteiger partial charge in [0, 0.05) is 30.9 Å². The van der Waals surface area contributed by atoms with Crippen LogP contribution in [0, 0.1) is 0 Å². The molecule has 25 heavy (non-hydrogen) atoms. The van der Waals surface area contributed by atoms with Crippen molar-refractivity contribution in [3.05, 3.63) is 16.1 Å². The Kier molecular flexibility index (Phi) is 12.8. The van der Waals surface area contributed by atoms with Crippen LogP contribution in [0.2, 0.25) is 0 Å². The minimum atomic E-state index is 0. The predicted molar refractivity (Wildman–Crippen MR) is 117 cm³/mol. The van der Waals surface area contributed by atoms with Crippen LogP contribution in [0.25, 0.3) is 0 Å². The van der Waals surface area contributed by atoms with E-state index in [4.69, 9.17) is 0 Å². The fourth-order valence-electron chi connectivity index (χ4n) is 1.89. The Labute approximate surface area is 172 Å². The third-order valence-corrected chi connectivity index (χ3v) is 4.39. The van der Waals surface area contributed by atoms with E-state index in [0.717, 1.165) is 29.6 Å². The molecule has 0 saturated heterocycles. The summed E-state index contributed by atoms with van der Waals surface area (Å²) < 4.78 is 0. The van der Waals surface area contributed by atoms with Crippen molar-refractivity contribution in [1.82, 2.24) is 20.9 Å². The van der Waals surface area contributed by atoms with E-state index >= 15 is 0 Å². The molecule has 0 aromatic carbocycles. The molecule has 0 aliphatic rings. The zero-order valence-corrected chi connectivity index (χ0v) is 19.0. The zero-order chi connectivity index (χ0) is 17.9. The number of rotatable bonds is 9. The Bertz CT molecular complexity index is 533. The summed E-state index contributed by atoms with van der Waals surface area (Å²) in [5.74, 6) is 1.22. The summed E-state index contributed by atoms with van der Waals surface area (Å²) >= 11 is 1.64. The lowest BCUT2D eigenvalue weighted by molar-refractivity contribution is -0.121. The predicted octanol–water partition coefficient (Wildman–Crippen LogP) is 3.24. The molecule has 1 aromatic heterocycles. The molecule has 3 N–H and O–H groups in total. The molecule has 8 heteroatoms. The van der Waals surface area contributed by atoms with Crippen LogP contribution in [-0.4, -0.2) is 36.0 Å². The van der Waals surface area contributed by atoms with Gasteiger partial charge in [-0.05, 0) is 26.2 Å². The Balaban J connectivity index is 0.00000576. The highest BCUT2D eigenvalue weighted by molar-refractivity contribution is 14.0. The highest BCUT2D eigenvalue weighted by Gasteiger charge is 2.07. The van der Waals surface area contributed by atoms with E-state index in [1.165, 1.54) is 0 Å². The molecular weight excluding hydrogens is 449 g/mol. The van der Waals surface area contributed by atoms with Crippen LogP contribution in [0.1, 0.15) is 64.1 Å². The van der Waals surface area contributed by atoms with Crippen molar-refractivity contribution in [3.63, 3.8) is 0 Å². The van der Waals surface area contributed by atoms with Crippen molar-refractivity contribution >= 4 is 47.2 Å². The first-order valence-corrected chi connectivity index (χ1v) is 9.60. The maximum Gasteiger partial charge on any atom is 0.221 e. The second-order valence-electron chi connectivity index (χ2n) is 6.07. The van der Waals surface area contributed by atoms with Crippen molar-refractivity contribution in [2.45, 2.75) is 66.0 Å². The summed E-state index contributed by atoms with van der Waals surface area (Å²) in [6.45, 7) is 12.2. The lowest BCUT2D eigenvalue weighted by Gasteiger charge is -2.13. The van der Waals surface area contributed by atoms with Crippen LogP contribution in [0.5, 0.6) is 0 Å². The van der Waals surface area contributed by atoms with Crippen LogP contribution >= 0.6 is 35.3 Å². The molecule has 0 spiro atoms.